The van der Waals surface area contributed by atoms with Gasteiger partial charge in [-0.2, -0.15) is 0 Å². The van der Waals surface area contributed by atoms with Gasteiger partial charge >= 0.3 is 0 Å². The van der Waals surface area contributed by atoms with Gasteiger partial charge in [-0.1, -0.05) is 30.8 Å². The number of nitrogens with zero attached hydrogens (tertiary/aromatic N) is 1. The lowest BCUT2D eigenvalue weighted by Crippen LogP contribution is -2.31. The van der Waals surface area contributed by atoms with Crippen LogP contribution in [-0.4, -0.2) is 17.0 Å². The molecule has 4 heteroatoms. The highest BCUT2D eigenvalue weighted by atomic mass is 32.2. The topological polar surface area (TPSA) is 24.4 Å². The lowest BCUT2D eigenvalue weighted by atomic mass is 10.1. The molecule has 0 radical (unpaired) electrons. The summed E-state index contributed by atoms with van der Waals surface area (Å²) in [5.74, 6) is 1.53. The van der Waals surface area contributed by atoms with Gasteiger partial charge in [0.2, 0.25) is 0 Å². The number of thioether (sulfide) groups is 1. The molecule has 0 aromatic heterocycles. The third-order valence-electron chi connectivity index (χ3n) is 3.34. The highest BCUT2D eigenvalue weighted by molar-refractivity contribution is 8.13. The summed E-state index contributed by atoms with van der Waals surface area (Å²) in [5.41, 5.74) is 1.07. The van der Waals surface area contributed by atoms with E-state index in [-0.39, 0.29) is 11.9 Å². The van der Waals surface area contributed by atoms with Gasteiger partial charge in [-0.15, -0.1) is 0 Å². The lowest BCUT2D eigenvalue weighted by Gasteiger charge is -2.26. The van der Waals surface area contributed by atoms with E-state index < -0.39 is 0 Å². The van der Waals surface area contributed by atoms with E-state index in [4.69, 9.17) is 0 Å². The molecule has 1 aliphatic rings. The number of aliphatic imine (C=N–C) groups is 1. The molecule has 1 aromatic carbocycles. The maximum absolute atomic E-state index is 12.9. The molecule has 0 fully saturated rings. The highest BCUT2D eigenvalue weighted by Crippen LogP contribution is 2.23. The van der Waals surface area contributed by atoms with Gasteiger partial charge in [0.1, 0.15) is 5.82 Å². The van der Waals surface area contributed by atoms with E-state index in [1.54, 1.807) is 11.8 Å². The van der Waals surface area contributed by atoms with Crippen LogP contribution in [0.25, 0.3) is 0 Å². The summed E-state index contributed by atoms with van der Waals surface area (Å²) >= 11 is 1.77. The van der Waals surface area contributed by atoms with Gasteiger partial charge in [-0.05, 0) is 37.5 Å². The summed E-state index contributed by atoms with van der Waals surface area (Å²) in [5, 5.41) is 4.39. The maximum atomic E-state index is 12.9. The first-order valence-corrected chi connectivity index (χ1v) is 7.27. The van der Waals surface area contributed by atoms with Crippen molar-refractivity contribution in [1.82, 2.24) is 5.32 Å². The van der Waals surface area contributed by atoms with Gasteiger partial charge in [0, 0.05) is 5.75 Å². The van der Waals surface area contributed by atoms with E-state index >= 15 is 0 Å². The largest absolute Gasteiger partial charge is 0.358 e. The zero-order valence-electron chi connectivity index (χ0n) is 11.0. The second kappa shape index (κ2) is 5.74. The summed E-state index contributed by atoms with van der Waals surface area (Å²) in [6.45, 7) is 6.44. The molecule has 1 heterocycles. The van der Waals surface area contributed by atoms with E-state index in [9.17, 15) is 4.39 Å². The van der Waals surface area contributed by atoms with Crippen molar-refractivity contribution < 1.29 is 4.39 Å². The number of nitrogens with one attached hydrogen (secondary N) is 1. The van der Waals surface area contributed by atoms with E-state index in [0.717, 1.165) is 16.5 Å². The molecule has 1 aliphatic heterocycles. The van der Waals surface area contributed by atoms with E-state index in [0.29, 0.717) is 12.0 Å². The van der Waals surface area contributed by atoms with Gasteiger partial charge in [0.25, 0.3) is 0 Å². The van der Waals surface area contributed by atoms with Crippen LogP contribution in [0.15, 0.2) is 29.3 Å². The summed E-state index contributed by atoms with van der Waals surface area (Å²) < 4.78 is 12.9. The van der Waals surface area contributed by atoms with Crippen molar-refractivity contribution in [2.45, 2.75) is 32.9 Å². The number of benzene rings is 1. The normalized spacial score (nSPS) is 25.4. The summed E-state index contributed by atoms with van der Waals surface area (Å²) in [6, 6.07) is 7.13. The fourth-order valence-electron chi connectivity index (χ4n) is 1.80. The molecule has 0 saturated heterocycles. The minimum atomic E-state index is -0.197. The second-order valence-corrected chi connectivity index (χ2v) is 5.89. The molecule has 1 N–H and O–H groups in total. The van der Waals surface area contributed by atoms with Crippen LogP contribution in [0, 0.1) is 11.7 Å². The van der Waals surface area contributed by atoms with Crippen molar-refractivity contribution >= 4 is 16.9 Å². The molecule has 0 aliphatic carbocycles. The monoisotopic (exact) mass is 266 g/mol. The molecule has 0 saturated carbocycles. The molecular formula is C14H19FN2S. The zero-order chi connectivity index (χ0) is 13.1. The molecule has 3 atom stereocenters. The van der Waals surface area contributed by atoms with Crippen molar-refractivity contribution in [3.8, 4) is 0 Å². The Labute approximate surface area is 112 Å². The molecule has 18 heavy (non-hydrogen) atoms. The second-order valence-electron chi connectivity index (χ2n) is 4.88. The average Bonchev–Trinajstić information content (AvgIpc) is 2.34. The minimum Gasteiger partial charge on any atom is -0.358 e. The Bertz CT molecular complexity index is 430. The van der Waals surface area contributed by atoms with E-state index in [1.807, 2.05) is 12.1 Å². The molecule has 2 nitrogen and oxygen atoms in total. The first-order valence-electron chi connectivity index (χ1n) is 6.29. The van der Waals surface area contributed by atoms with Gasteiger partial charge in [0.05, 0.1) is 12.1 Å². The van der Waals surface area contributed by atoms with Crippen molar-refractivity contribution in [3.05, 3.63) is 35.6 Å². The molecule has 2 rings (SSSR count). The first-order chi connectivity index (χ1) is 8.56. The van der Waals surface area contributed by atoms with Crippen LogP contribution in [0.2, 0.25) is 0 Å². The number of halogens is 1. The van der Waals surface area contributed by atoms with Gasteiger partial charge < -0.3 is 5.32 Å². The third kappa shape index (κ3) is 3.25. The highest BCUT2D eigenvalue weighted by Gasteiger charge is 2.20. The summed E-state index contributed by atoms with van der Waals surface area (Å²) in [4.78, 5) is 4.64. The first kappa shape index (κ1) is 13.4. The Kier molecular flexibility index (Phi) is 4.27. The number of hydrogen-bond donors (Lipinski definition) is 1. The van der Waals surface area contributed by atoms with Gasteiger partial charge in [-0.25, -0.2) is 4.39 Å². The third-order valence-corrected chi connectivity index (χ3v) is 4.53. The van der Waals surface area contributed by atoms with E-state index in [2.05, 4.69) is 31.1 Å². The van der Waals surface area contributed by atoms with Gasteiger partial charge in [0.15, 0.2) is 5.17 Å². The van der Waals surface area contributed by atoms with Crippen LogP contribution in [0.4, 0.5) is 4.39 Å². The van der Waals surface area contributed by atoms with Crippen molar-refractivity contribution in [3.63, 3.8) is 0 Å². The molecule has 1 aromatic rings. The van der Waals surface area contributed by atoms with Gasteiger partial charge in [-0.3, -0.25) is 4.99 Å². The number of amidine groups is 1. The Balaban J connectivity index is 2.01. The van der Waals surface area contributed by atoms with Crippen LogP contribution < -0.4 is 5.32 Å². The predicted molar refractivity (Wildman–Crippen MR) is 76.5 cm³/mol. The summed E-state index contributed by atoms with van der Waals surface area (Å²) in [6.07, 6.45) is 0. The quantitative estimate of drug-likeness (QED) is 0.884. The van der Waals surface area contributed by atoms with Crippen LogP contribution in [-0.2, 0) is 0 Å². The molecule has 3 unspecified atom stereocenters. The molecule has 0 amide bonds. The Morgan fingerprint density at radius 1 is 1.33 bits per heavy atom. The Morgan fingerprint density at radius 3 is 2.61 bits per heavy atom. The smallest absolute Gasteiger partial charge is 0.157 e. The lowest BCUT2D eigenvalue weighted by molar-refractivity contribution is 0.532. The molecule has 0 bridgehead atoms. The van der Waals surface area contributed by atoms with Crippen LogP contribution in [0.3, 0.4) is 0 Å². The van der Waals surface area contributed by atoms with Crippen molar-refractivity contribution in [2.75, 3.05) is 5.75 Å². The van der Waals surface area contributed by atoms with Crippen molar-refractivity contribution in [1.29, 1.82) is 0 Å². The Morgan fingerprint density at radius 2 is 2.00 bits per heavy atom. The zero-order valence-corrected chi connectivity index (χ0v) is 11.8. The molecular weight excluding hydrogens is 247 g/mol. The van der Waals surface area contributed by atoms with Crippen LogP contribution in [0.1, 0.15) is 32.4 Å². The fraction of sp³-hybridized carbons (Fsp3) is 0.500. The number of rotatable bonds is 2. The summed E-state index contributed by atoms with van der Waals surface area (Å²) in [7, 11) is 0. The number of hydrogen-bond acceptors (Lipinski definition) is 3. The minimum absolute atomic E-state index is 0.150. The SMILES string of the molecule is CC(NC1=NC(C)C(C)CS1)c1ccc(F)cc1. The predicted octanol–water partition coefficient (Wildman–Crippen LogP) is 3.60. The Hall–Kier alpha value is -1.03. The van der Waals surface area contributed by atoms with E-state index in [1.165, 1.54) is 12.1 Å². The average molecular weight is 266 g/mol. The molecule has 98 valence electrons. The standard InChI is InChI=1S/C14H19FN2S/c1-9-8-18-14(16-10(9)2)17-11(3)12-4-6-13(15)7-5-12/h4-7,9-11H,8H2,1-3H3,(H,16,17). The van der Waals surface area contributed by atoms with Crippen LogP contribution >= 0.6 is 11.8 Å². The fourth-order valence-corrected chi connectivity index (χ4v) is 3.00. The maximum Gasteiger partial charge on any atom is 0.157 e. The molecule has 0 spiro atoms. The van der Waals surface area contributed by atoms with Crippen molar-refractivity contribution in [2.24, 2.45) is 10.9 Å². The van der Waals surface area contributed by atoms with Crippen LogP contribution in [0.5, 0.6) is 0 Å².